The van der Waals surface area contributed by atoms with Crippen molar-refractivity contribution in [1.29, 1.82) is 0 Å². The third-order valence-electron chi connectivity index (χ3n) is 2.22. The van der Waals surface area contributed by atoms with Crippen LogP contribution in [0, 0.1) is 0 Å². The van der Waals surface area contributed by atoms with E-state index >= 15 is 0 Å². The molecule has 0 atom stereocenters. The molecular weight excluding hydrogens is 262 g/mol. The van der Waals surface area contributed by atoms with Gasteiger partial charge in [0.25, 0.3) is 0 Å². The van der Waals surface area contributed by atoms with Gasteiger partial charge in [0.05, 0.1) is 10.8 Å². The fourth-order valence-corrected chi connectivity index (χ4v) is 2.27. The van der Waals surface area contributed by atoms with E-state index in [9.17, 15) is 8.42 Å². The average Bonchev–Trinajstić information content (AvgIpc) is 2.79. The first-order chi connectivity index (χ1) is 8.04. The summed E-state index contributed by atoms with van der Waals surface area (Å²) in [6.45, 7) is 1.57. The first kappa shape index (κ1) is 12.1. The number of hydrogen-bond acceptors (Lipinski definition) is 4. The maximum Gasteiger partial charge on any atom is 0.197 e. The average molecular weight is 272 g/mol. The second kappa shape index (κ2) is 4.46. The zero-order valence-electron chi connectivity index (χ0n) is 9.04. The zero-order chi connectivity index (χ0) is 12.5. The molecule has 0 saturated heterocycles. The summed E-state index contributed by atoms with van der Waals surface area (Å²) >= 11 is 5.94. The van der Waals surface area contributed by atoms with Crippen LogP contribution in [0.5, 0.6) is 0 Å². The summed E-state index contributed by atoms with van der Waals surface area (Å²) in [5, 5.41) is 4.41. The van der Waals surface area contributed by atoms with Gasteiger partial charge >= 0.3 is 0 Å². The lowest BCUT2D eigenvalue weighted by molar-refractivity contribution is 0.591. The van der Waals surface area contributed by atoms with Gasteiger partial charge in [-0.1, -0.05) is 18.5 Å². The van der Waals surface area contributed by atoms with Crippen molar-refractivity contribution in [3.63, 3.8) is 0 Å². The number of hydrogen-bond donors (Lipinski definition) is 0. The highest BCUT2D eigenvalue weighted by molar-refractivity contribution is 7.91. The van der Waals surface area contributed by atoms with Crippen LogP contribution in [0.4, 0.5) is 0 Å². The molecule has 2 rings (SSSR count). The van der Waals surface area contributed by atoms with Crippen molar-refractivity contribution in [3.05, 3.63) is 35.6 Å². The summed E-state index contributed by atoms with van der Waals surface area (Å²) in [4.78, 5) is 4.04. The molecule has 17 heavy (non-hydrogen) atoms. The van der Waals surface area contributed by atoms with Crippen molar-refractivity contribution >= 4 is 21.4 Å². The molecule has 2 heterocycles. The normalized spacial score (nSPS) is 11.6. The van der Waals surface area contributed by atoms with E-state index < -0.39 is 9.84 Å². The van der Waals surface area contributed by atoms with Crippen molar-refractivity contribution < 1.29 is 8.42 Å². The van der Waals surface area contributed by atoms with Crippen LogP contribution >= 0.6 is 11.6 Å². The number of nitrogens with zero attached hydrogens (tertiary/aromatic N) is 3. The Bertz CT molecular complexity index is 637. The van der Waals surface area contributed by atoms with E-state index in [1.807, 2.05) is 0 Å². The van der Waals surface area contributed by atoms with Gasteiger partial charge in [0.15, 0.2) is 20.7 Å². The summed E-state index contributed by atoms with van der Waals surface area (Å²) in [5.74, 6) is 0.423. The van der Waals surface area contributed by atoms with Crippen molar-refractivity contribution in [2.45, 2.75) is 11.9 Å². The molecule has 0 saturated carbocycles. The third kappa shape index (κ3) is 2.32. The first-order valence-corrected chi connectivity index (χ1v) is 6.97. The fourth-order valence-electron chi connectivity index (χ4n) is 1.28. The maximum absolute atomic E-state index is 11.6. The lowest BCUT2D eigenvalue weighted by atomic mass is 10.4. The predicted molar refractivity (Wildman–Crippen MR) is 64.1 cm³/mol. The number of pyridine rings is 1. The fraction of sp³-hybridized carbons (Fsp3) is 0.200. The van der Waals surface area contributed by atoms with E-state index in [1.54, 1.807) is 25.3 Å². The van der Waals surface area contributed by atoms with Gasteiger partial charge in [-0.25, -0.2) is 18.1 Å². The Morgan fingerprint density at radius 2 is 2.18 bits per heavy atom. The Morgan fingerprint density at radius 3 is 2.82 bits per heavy atom. The van der Waals surface area contributed by atoms with Crippen LogP contribution in [-0.4, -0.2) is 28.9 Å². The number of halogens is 1. The monoisotopic (exact) mass is 271 g/mol. The van der Waals surface area contributed by atoms with Crippen molar-refractivity contribution in [1.82, 2.24) is 14.8 Å². The minimum Gasteiger partial charge on any atom is -0.236 e. The lowest BCUT2D eigenvalue weighted by Crippen LogP contribution is -2.06. The van der Waals surface area contributed by atoms with Gasteiger partial charge in [-0.2, -0.15) is 5.10 Å². The lowest BCUT2D eigenvalue weighted by Gasteiger charge is -2.01. The van der Waals surface area contributed by atoms with E-state index in [1.165, 1.54) is 16.9 Å². The van der Waals surface area contributed by atoms with Gasteiger partial charge in [-0.05, 0) is 18.2 Å². The second-order valence-electron chi connectivity index (χ2n) is 3.31. The molecule has 0 spiro atoms. The molecule has 0 aromatic carbocycles. The smallest absolute Gasteiger partial charge is 0.197 e. The Kier molecular flexibility index (Phi) is 3.17. The van der Waals surface area contributed by atoms with Crippen LogP contribution < -0.4 is 0 Å². The van der Waals surface area contributed by atoms with Crippen LogP contribution in [0.15, 0.2) is 35.6 Å². The molecular formula is C10H10ClN3O2S. The van der Waals surface area contributed by atoms with E-state index in [-0.39, 0.29) is 10.8 Å². The van der Waals surface area contributed by atoms with Crippen molar-refractivity contribution in [2.24, 2.45) is 0 Å². The molecule has 0 aliphatic rings. The van der Waals surface area contributed by atoms with Crippen LogP contribution in [0.25, 0.3) is 5.82 Å². The number of aromatic nitrogens is 3. The minimum absolute atomic E-state index is 0.0139. The highest BCUT2D eigenvalue weighted by Gasteiger charge is 2.16. The van der Waals surface area contributed by atoms with Gasteiger partial charge < -0.3 is 0 Å². The molecule has 0 amide bonds. The van der Waals surface area contributed by atoms with E-state index in [0.29, 0.717) is 10.8 Å². The molecule has 0 fully saturated rings. The van der Waals surface area contributed by atoms with Gasteiger partial charge in [0.2, 0.25) is 0 Å². The van der Waals surface area contributed by atoms with Crippen LogP contribution in [0.2, 0.25) is 5.02 Å². The summed E-state index contributed by atoms with van der Waals surface area (Å²) in [6, 6.07) is 4.79. The van der Waals surface area contributed by atoms with E-state index in [0.717, 1.165) is 0 Å². The van der Waals surface area contributed by atoms with E-state index in [4.69, 9.17) is 11.6 Å². The standard InChI is InChI=1S/C10H10ClN3O2S/c1-2-17(15,16)9-5-7-14(13-9)10-8(11)4-3-6-12-10/h3-7H,2H2,1H3. The maximum atomic E-state index is 11.6. The molecule has 90 valence electrons. The third-order valence-corrected chi connectivity index (χ3v) is 4.13. The second-order valence-corrected chi connectivity index (χ2v) is 5.94. The number of sulfone groups is 1. The largest absolute Gasteiger partial charge is 0.236 e. The Balaban J connectivity index is 2.48. The molecule has 0 unspecified atom stereocenters. The van der Waals surface area contributed by atoms with Crippen LogP contribution in [0.3, 0.4) is 0 Å². The minimum atomic E-state index is -3.30. The molecule has 5 nitrogen and oxygen atoms in total. The molecule has 7 heteroatoms. The summed E-state index contributed by atoms with van der Waals surface area (Å²) in [6.07, 6.45) is 3.09. The predicted octanol–water partition coefficient (Wildman–Crippen LogP) is 1.71. The van der Waals surface area contributed by atoms with Gasteiger partial charge in [0.1, 0.15) is 0 Å². The van der Waals surface area contributed by atoms with Crippen LogP contribution in [0.1, 0.15) is 6.92 Å². The van der Waals surface area contributed by atoms with Crippen LogP contribution in [-0.2, 0) is 9.84 Å². The molecule has 0 bridgehead atoms. The molecule has 0 aliphatic heterocycles. The quantitative estimate of drug-likeness (QED) is 0.852. The summed E-state index contributed by atoms with van der Waals surface area (Å²) < 4.78 is 24.6. The highest BCUT2D eigenvalue weighted by Crippen LogP contribution is 2.17. The zero-order valence-corrected chi connectivity index (χ0v) is 10.6. The Hall–Kier alpha value is -1.40. The van der Waals surface area contributed by atoms with Gasteiger partial charge in [-0.15, -0.1) is 0 Å². The van der Waals surface area contributed by atoms with Crippen molar-refractivity contribution in [3.8, 4) is 5.82 Å². The molecule has 2 aromatic rings. The summed E-state index contributed by atoms with van der Waals surface area (Å²) in [5.41, 5.74) is 0. The molecule has 0 aliphatic carbocycles. The Labute approximate surface area is 104 Å². The molecule has 2 aromatic heterocycles. The molecule has 0 N–H and O–H groups in total. The van der Waals surface area contributed by atoms with E-state index in [2.05, 4.69) is 10.1 Å². The van der Waals surface area contributed by atoms with Crippen molar-refractivity contribution in [2.75, 3.05) is 5.75 Å². The molecule has 0 radical (unpaired) electrons. The number of rotatable bonds is 3. The Morgan fingerprint density at radius 1 is 1.41 bits per heavy atom. The first-order valence-electron chi connectivity index (χ1n) is 4.94. The SMILES string of the molecule is CCS(=O)(=O)c1ccn(-c2ncccc2Cl)n1. The van der Waals surface area contributed by atoms with Gasteiger partial charge in [-0.3, -0.25) is 0 Å². The highest BCUT2D eigenvalue weighted by atomic mass is 35.5. The topological polar surface area (TPSA) is 64.8 Å². The van der Waals surface area contributed by atoms with Gasteiger partial charge in [0, 0.05) is 12.4 Å². The summed E-state index contributed by atoms with van der Waals surface area (Å²) in [7, 11) is -3.30.